The maximum Gasteiger partial charge on any atom is 0.0597 e. The number of nitrogens with zero attached hydrogens (tertiary/aromatic N) is 2. The van der Waals surface area contributed by atoms with E-state index in [2.05, 4.69) is 43.3 Å². The molecule has 1 N–H and O–H groups in total. The van der Waals surface area contributed by atoms with Gasteiger partial charge in [0, 0.05) is 19.2 Å². The van der Waals surface area contributed by atoms with E-state index in [1.54, 1.807) is 0 Å². The average Bonchev–Trinajstić information content (AvgIpc) is 2.61. The lowest BCUT2D eigenvalue weighted by Gasteiger charge is -2.12. The van der Waals surface area contributed by atoms with Crippen LogP contribution in [0.1, 0.15) is 22.4 Å². The zero-order valence-electron chi connectivity index (χ0n) is 11.8. The molecule has 1 aromatic carbocycles. The standard InChI is InChI=1S/C15H21N3/c1-10-6-11(2)15(12(3)7-10)13-8-17-18(5)14(13)9-16-4/h6-8,16H,9H2,1-5H3. The molecule has 0 saturated carbocycles. The van der Waals surface area contributed by atoms with Crippen LogP contribution in [0.25, 0.3) is 11.1 Å². The molecule has 2 rings (SSSR count). The fourth-order valence-corrected chi connectivity index (χ4v) is 2.65. The van der Waals surface area contributed by atoms with E-state index in [4.69, 9.17) is 0 Å². The van der Waals surface area contributed by atoms with Gasteiger partial charge >= 0.3 is 0 Å². The second kappa shape index (κ2) is 4.94. The van der Waals surface area contributed by atoms with Crippen molar-refractivity contribution in [1.29, 1.82) is 0 Å². The number of nitrogens with one attached hydrogen (secondary N) is 1. The summed E-state index contributed by atoms with van der Waals surface area (Å²) in [5, 5.41) is 7.60. The molecule has 96 valence electrons. The SMILES string of the molecule is CNCc1c(-c2c(C)cc(C)cc2C)cnn1C. The molecule has 1 aromatic heterocycles. The number of rotatable bonds is 3. The summed E-state index contributed by atoms with van der Waals surface area (Å²) in [6.45, 7) is 7.32. The van der Waals surface area contributed by atoms with Crippen molar-refractivity contribution in [3.8, 4) is 11.1 Å². The zero-order valence-corrected chi connectivity index (χ0v) is 11.8. The summed E-state index contributed by atoms with van der Waals surface area (Å²) in [7, 11) is 3.96. The largest absolute Gasteiger partial charge is 0.314 e. The number of benzene rings is 1. The van der Waals surface area contributed by atoms with Gasteiger partial charge in [-0.2, -0.15) is 5.10 Å². The molecule has 3 heteroatoms. The Morgan fingerprint density at radius 2 is 1.78 bits per heavy atom. The third-order valence-electron chi connectivity index (χ3n) is 3.35. The minimum absolute atomic E-state index is 0.832. The van der Waals surface area contributed by atoms with Gasteiger partial charge in [-0.25, -0.2) is 0 Å². The molecule has 0 bridgehead atoms. The molecule has 0 aliphatic rings. The molecule has 0 aliphatic heterocycles. The highest BCUT2D eigenvalue weighted by Crippen LogP contribution is 2.30. The van der Waals surface area contributed by atoms with E-state index in [1.165, 1.54) is 33.5 Å². The Kier molecular flexibility index (Phi) is 3.53. The van der Waals surface area contributed by atoms with Gasteiger partial charge in [0.05, 0.1) is 11.9 Å². The number of hydrogen-bond acceptors (Lipinski definition) is 2. The van der Waals surface area contributed by atoms with E-state index in [-0.39, 0.29) is 0 Å². The molecule has 1 heterocycles. The van der Waals surface area contributed by atoms with Crippen LogP contribution in [0.15, 0.2) is 18.3 Å². The van der Waals surface area contributed by atoms with Crippen molar-refractivity contribution < 1.29 is 0 Å². The third kappa shape index (κ3) is 2.18. The van der Waals surface area contributed by atoms with Gasteiger partial charge in [-0.3, -0.25) is 4.68 Å². The normalized spacial score (nSPS) is 10.9. The first-order chi connectivity index (χ1) is 8.54. The molecule has 0 radical (unpaired) electrons. The zero-order chi connectivity index (χ0) is 13.3. The van der Waals surface area contributed by atoms with E-state index < -0.39 is 0 Å². The molecule has 0 atom stereocenters. The van der Waals surface area contributed by atoms with Crippen LogP contribution in [-0.4, -0.2) is 16.8 Å². The fraction of sp³-hybridized carbons (Fsp3) is 0.400. The van der Waals surface area contributed by atoms with E-state index in [1.807, 2.05) is 25.0 Å². The van der Waals surface area contributed by atoms with Crippen LogP contribution >= 0.6 is 0 Å². The van der Waals surface area contributed by atoms with E-state index in [0.29, 0.717) is 0 Å². The Labute approximate surface area is 109 Å². The Hall–Kier alpha value is -1.61. The Morgan fingerprint density at radius 1 is 1.17 bits per heavy atom. The lowest BCUT2D eigenvalue weighted by molar-refractivity contribution is 0.673. The summed E-state index contributed by atoms with van der Waals surface area (Å²) >= 11 is 0. The monoisotopic (exact) mass is 243 g/mol. The summed E-state index contributed by atoms with van der Waals surface area (Å²) < 4.78 is 1.95. The van der Waals surface area contributed by atoms with Crippen molar-refractivity contribution in [2.24, 2.45) is 7.05 Å². The Balaban J connectivity index is 2.62. The van der Waals surface area contributed by atoms with Gasteiger partial charge in [0.25, 0.3) is 0 Å². The van der Waals surface area contributed by atoms with Crippen LogP contribution in [0.4, 0.5) is 0 Å². The molecule has 3 nitrogen and oxygen atoms in total. The molecule has 18 heavy (non-hydrogen) atoms. The highest BCUT2D eigenvalue weighted by molar-refractivity contribution is 5.72. The predicted octanol–water partition coefficient (Wildman–Crippen LogP) is 2.73. The number of aryl methyl sites for hydroxylation is 4. The Morgan fingerprint density at radius 3 is 2.33 bits per heavy atom. The topological polar surface area (TPSA) is 29.9 Å². The summed E-state index contributed by atoms with van der Waals surface area (Å²) in [4.78, 5) is 0. The lowest BCUT2D eigenvalue weighted by Crippen LogP contribution is -2.11. The smallest absolute Gasteiger partial charge is 0.0597 e. The molecular formula is C15H21N3. The molecule has 0 fully saturated rings. The van der Waals surface area contributed by atoms with Crippen molar-refractivity contribution in [1.82, 2.24) is 15.1 Å². The second-order valence-electron chi connectivity index (χ2n) is 4.93. The summed E-state index contributed by atoms with van der Waals surface area (Å²) in [5.74, 6) is 0. The molecule has 0 unspecified atom stereocenters. The van der Waals surface area contributed by atoms with Gasteiger partial charge in [0.15, 0.2) is 0 Å². The van der Waals surface area contributed by atoms with E-state index in [0.717, 1.165) is 6.54 Å². The fourth-order valence-electron chi connectivity index (χ4n) is 2.65. The van der Waals surface area contributed by atoms with Crippen molar-refractivity contribution in [3.05, 3.63) is 40.7 Å². The van der Waals surface area contributed by atoms with Gasteiger partial charge in [-0.1, -0.05) is 17.7 Å². The first-order valence-corrected chi connectivity index (χ1v) is 6.28. The van der Waals surface area contributed by atoms with Crippen molar-refractivity contribution >= 4 is 0 Å². The van der Waals surface area contributed by atoms with E-state index >= 15 is 0 Å². The molecule has 0 saturated heterocycles. The van der Waals surface area contributed by atoms with Gasteiger partial charge in [0.1, 0.15) is 0 Å². The quantitative estimate of drug-likeness (QED) is 0.898. The van der Waals surface area contributed by atoms with Gasteiger partial charge in [-0.05, 0) is 44.5 Å². The molecule has 2 aromatic rings. The number of hydrogen-bond donors (Lipinski definition) is 1. The highest BCUT2D eigenvalue weighted by Gasteiger charge is 2.14. The molecule has 0 aliphatic carbocycles. The lowest BCUT2D eigenvalue weighted by atomic mass is 9.94. The molecular weight excluding hydrogens is 222 g/mol. The molecule has 0 spiro atoms. The van der Waals surface area contributed by atoms with Crippen LogP contribution < -0.4 is 5.32 Å². The minimum Gasteiger partial charge on any atom is -0.314 e. The van der Waals surface area contributed by atoms with Crippen molar-refractivity contribution in [2.45, 2.75) is 27.3 Å². The minimum atomic E-state index is 0.832. The van der Waals surface area contributed by atoms with Gasteiger partial charge < -0.3 is 5.32 Å². The third-order valence-corrected chi connectivity index (χ3v) is 3.35. The van der Waals surface area contributed by atoms with Gasteiger partial charge in [-0.15, -0.1) is 0 Å². The average molecular weight is 243 g/mol. The van der Waals surface area contributed by atoms with E-state index in [9.17, 15) is 0 Å². The summed E-state index contributed by atoms with van der Waals surface area (Å²) in [5.41, 5.74) is 7.73. The van der Waals surface area contributed by atoms with Gasteiger partial charge in [0.2, 0.25) is 0 Å². The van der Waals surface area contributed by atoms with Crippen LogP contribution in [0, 0.1) is 20.8 Å². The maximum atomic E-state index is 4.39. The predicted molar refractivity (Wildman–Crippen MR) is 75.6 cm³/mol. The van der Waals surface area contributed by atoms with Crippen LogP contribution in [0.5, 0.6) is 0 Å². The summed E-state index contributed by atoms with van der Waals surface area (Å²) in [6.07, 6.45) is 1.97. The Bertz CT molecular complexity index is 544. The highest BCUT2D eigenvalue weighted by atomic mass is 15.3. The van der Waals surface area contributed by atoms with Crippen molar-refractivity contribution in [2.75, 3.05) is 7.05 Å². The molecule has 0 amide bonds. The number of aromatic nitrogens is 2. The van der Waals surface area contributed by atoms with Crippen LogP contribution in [-0.2, 0) is 13.6 Å². The maximum absolute atomic E-state index is 4.39. The second-order valence-corrected chi connectivity index (χ2v) is 4.93. The van der Waals surface area contributed by atoms with Crippen molar-refractivity contribution in [3.63, 3.8) is 0 Å². The first-order valence-electron chi connectivity index (χ1n) is 6.28. The van der Waals surface area contributed by atoms with Crippen LogP contribution in [0.3, 0.4) is 0 Å². The first kappa shape index (κ1) is 12.8. The van der Waals surface area contributed by atoms with Crippen LogP contribution in [0.2, 0.25) is 0 Å². The summed E-state index contributed by atoms with van der Waals surface area (Å²) in [6, 6.07) is 4.47.